The minimum atomic E-state index is -0.848. The van der Waals surface area contributed by atoms with Gasteiger partial charge in [0, 0.05) is 6.20 Å². The summed E-state index contributed by atoms with van der Waals surface area (Å²) in [7, 11) is 0. The van der Waals surface area contributed by atoms with Crippen LogP contribution in [-0.4, -0.2) is 27.3 Å². The lowest BCUT2D eigenvalue weighted by molar-refractivity contribution is -0.137. The van der Waals surface area contributed by atoms with E-state index in [1.807, 2.05) is 6.92 Å². The number of anilines is 1. The summed E-state index contributed by atoms with van der Waals surface area (Å²) in [6.45, 7) is 1.81. The quantitative estimate of drug-likeness (QED) is 0.619. The van der Waals surface area contributed by atoms with E-state index in [0.717, 1.165) is 0 Å². The fourth-order valence-electron chi connectivity index (χ4n) is 0.869. The maximum absolute atomic E-state index is 10.6. The molecule has 1 aromatic heterocycles. The monoisotopic (exact) mass is 169 g/mol. The molecule has 0 fully saturated rings. The van der Waals surface area contributed by atoms with Gasteiger partial charge in [-0.15, -0.1) is 0 Å². The number of H-pyrrole nitrogens is 1. The number of carboxylic acid groups (broad SMARTS) is 1. The van der Waals surface area contributed by atoms with Crippen LogP contribution in [0.4, 0.5) is 5.69 Å². The number of hydrogen-bond acceptors (Lipinski definition) is 3. The van der Waals surface area contributed by atoms with Gasteiger partial charge in [0.15, 0.2) is 0 Å². The topological polar surface area (TPSA) is 78.0 Å². The van der Waals surface area contributed by atoms with Crippen molar-refractivity contribution in [2.75, 3.05) is 5.32 Å². The number of aromatic amines is 1. The van der Waals surface area contributed by atoms with E-state index < -0.39 is 12.0 Å². The maximum Gasteiger partial charge on any atom is 0.326 e. The molecule has 0 saturated heterocycles. The van der Waals surface area contributed by atoms with Gasteiger partial charge in [-0.25, -0.2) is 4.79 Å². The van der Waals surface area contributed by atoms with Crippen LogP contribution in [0.3, 0.4) is 0 Å². The fourth-order valence-corrected chi connectivity index (χ4v) is 0.869. The van der Waals surface area contributed by atoms with E-state index in [4.69, 9.17) is 5.11 Å². The predicted octanol–water partition coefficient (Wildman–Crippen LogP) is 0.685. The molecule has 0 aliphatic rings. The maximum atomic E-state index is 10.6. The molecule has 66 valence electrons. The SMILES string of the molecule is CCC(Nc1cn[nH]c1)C(=O)O. The van der Waals surface area contributed by atoms with Gasteiger partial charge in [0.2, 0.25) is 0 Å². The summed E-state index contributed by atoms with van der Waals surface area (Å²) in [5.74, 6) is -0.848. The van der Waals surface area contributed by atoms with E-state index in [9.17, 15) is 4.79 Å². The number of aliphatic carboxylic acids is 1. The minimum Gasteiger partial charge on any atom is -0.480 e. The van der Waals surface area contributed by atoms with Gasteiger partial charge in [-0.2, -0.15) is 5.10 Å². The number of nitrogens with zero attached hydrogens (tertiary/aromatic N) is 1. The summed E-state index contributed by atoms with van der Waals surface area (Å²) in [6, 6.07) is -0.539. The second kappa shape index (κ2) is 3.75. The third-order valence-electron chi connectivity index (χ3n) is 1.55. The minimum absolute atomic E-state index is 0.539. The Morgan fingerprint density at radius 1 is 1.92 bits per heavy atom. The highest BCUT2D eigenvalue weighted by atomic mass is 16.4. The largest absolute Gasteiger partial charge is 0.480 e. The van der Waals surface area contributed by atoms with Crippen LogP contribution in [-0.2, 0) is 4.79 Å². The average molecular weight is 169 g/mol. The zero-order valence-electron chi connectivity index (χ0n) is 6.74. The number of aromatic nitrogens is 2. The molecule has 3 N–H and O–H groups in total. The first-order chi connectivity index (χ1) is 5.74. The molecule has 12 heavy (non-hydrogen) atoms. The first-order valence-corrected chi connectivity index (χ1v) is 3.72. The summed E-state index contributed by atoms with van der Waals surface area (Å²) in [5, 5.41) is 17.8. The Morgan fingerprint density at radius 3 is 3.08 bits per heavy atom. The van der Waals surface area contributed by atoms with Crippen molar-refractivity contribution in [1.29, 1.82) is 0 Å². The number of carbonyl (C=O) groups is 1. The van der Waals surface area contributed by atoms with Crippen LogP contribution < -0.4 is 5.32 Å². The summed E-state index contributed by atoms with van der Waals surface area (Å²) >= 11 is 0. The lowest BCUT2D eigenvalue weighted by Gasteiger charge is -2.10. The molecule has 0 aromatic carbocycles. The van der Waals surface area contributed by atoms with Crippen LogP contribution in [0.25, 0.3) is 0 Å². The van der Waals surface area contributed by atoms with Crippen molar-refractivity contribution in [2.45, 2.75) is 19.4 Å². The molecule has 1 rings (SSSR count). The van der Waals surface area contributed by atoms with Gasteiger partial charge in [-0.1, -0.05) is 6.92 Å². The molecule has 5 nitrogen and oxygen atoms in total. The normalized spacial score (nSPS) is 12.4. The predicted molar refractivity (Wildman–Crippen MR) is 43.9 cm³/mol. The number of hydrogen-bond donors (Lipinski definition) is 3. The summed E-state index contributed by atoms with van der Waals surface area (Å²) in [4.78, 5) is 10.6. The second-order valence-electron chi connectivity index (χ2n) is 2.43. The first-order valence-electron chi connectivity index (χ1n) is 3.72. The van der Waals surface area contributed by atoms with Crippen molar-refractivity contribution < 1.29 is 9.90 Å². The Morgan fingerprint density at radius 2 is 2.67 bits per heavy atom. The summed E-state index contributed by atoms with van der Waals surface area (Å²) in [5.41, 5.74) is 0.698. The molecule has 1 atom stereocenters. The molecule has 0 amide bonds. The van der Waals surface area contributed by atoms with Crippen molar-refractivity contribution >= 4 is 11.7 Å². The van der Waals surface area contributed by atoms with Crippen LogP contribution in [0.1, 0.15) is 13.3 Å². The lowest BCUT2D eigenvalue weighted by atomic mass is 10.2. The van der Waals surface area contributed by atoms with E-state index in [1.54, 1.807) is 12.4 Å². The number of carboxylic acids is 1. The van der Waals surface area contributed by atoms with Crippen LogP contribution >= 0.6 is 0 Å². The Kier molecular flexibility index (Phi) is 2.68. The Labute approximate surface area is 69.8 Å². The van der Waals surface area contributed by atoms with E-state index >= 15 is 0 Å². The highest BCUT2D eigenvalue weighted by Gasteiger charge is 2.13. The highest BCUT2D eigenvalue weighted by molar-refractivity contribution is 5.76. The molecule has 0 aliphatic heterocycles. The van der Waals surface area contributed by atoms with Gasteiger partial charge in [0.25, 0.3) is 0 Å². The van der Waals surface area contributed by atoms with Crippen molar-refractivity contribution in [1.82, 2.24) is 10.2 Å². The molecule has 0 radical (unpaired) electrons. The van der Waals surface area contributed by atoms with Crippen LogP contribution in [0.5, 0.6) is 0 Å². The van der Waals surface area contributed by atoms with Crippen LogP contribution in [0.15, 0.2) is 12.4 Å². The molecule has 0 spiro atoms. The number of nitrogens with one attached hydrogen (secondary N) is 2. The number of rotatable bonds is 4. The van der Waals surface area contributed by atoms with Gasteiger partial charge < -0.3 is 10.4 Å². The fraction of sp³-hybridized carbons (Fsp3) is 0.429. The Hall–Kier alpha value is -1.52. The van der Waals surface area contributed by atoms with Gasteiger partial charge in [0.05, 0.1) is 11.9 Å². The smallest absolute Gasteiger partial charge is 0.326 e. The van der Waals surface area contributed by atoms with Gasteiger partial charge in [-0.3, -0.25) is 5.10 Å². The molecular weight excluding hydrogens is 158 g/mol. The molecule has 5 heteroatoms. The van der Waals surface area contributed by atoms with Crippen molar-refractivity contribution in [2.24, 2.45) is 0 Å². The van der Waals surface area contributed by atoms with Crippen LogP contribution in [0, 0.1) is 0 Å². The second-order valence-corrected chi connectivity index (χ2v) is 2.43. The average Bonchev–Trinajstić information content (AvgIpc) is 2.51. The first kappa shape index (κ1) is 8.58. The van der Waals surface area contributed by atoms with Crippen molar-refractivity contribution in [3.63, 3.8) is 0 Å². The molecule has 0 aliphatic carbocycles. The zero-order chi connectivity index (χ0) is 8.97. The third-order valence-corrected chi connectivity index (χ3v) is 1.55. The third kappa shape index (κ3) is 1.98. The molecule has 1 unspecified atom stereocenters. The van der Waals surface area contributed by atoms with E-state index in [-0.39, 0.29) is 0 Å². The summed E-state index contributed by atoms with van der Waals surface area (Å²) < 4.78 is 0. The van der Waals surface area contributed by atoms with E-state index in [0.29, 0.717) is 12.1 Å². The standard InChI is InChI=1S/C7H11N3O2/c1-2-6(7(11)12)10-5-3-8-9-4-5/h3-4,6,10H,2H2,1H3,(H,8,9)(H,11,12). The van der Waals surface area contributed by atoms with E-state index in [2.05, 4.69) is 15.5 Å². The highest BCUT2D eigenvalue weighted by Crippen LogP contribution is 2.05. The molecule has 0 saturated carbocycles. The van der Waals surface area contributed by atoms with Crippen molar-refractivity contribution in [3.05, 3.63) is 12.4 Å². The van der Waals surface area contributed by atoms with Gasteiger partial charge in [-0.05, 0) is 6.42 Å². The van der Waals surface area contributed by atoms with Gasteiger partial charge in [0.1, 0.15) is 6.04 Å². The molecule has 0 bridgehead atoms. The molecule has 1 aromatic rings. The lowest BCUT2D eigenvalue weighted by Crippen LogP contribution is -2.27. The Bertz CT molecular complexity index is 245. The van der Waals surface area contributed by atoms with E-state index in [1.165, 1.54) is 0 Å². The van der Waals surface area contributed by atoms with Crippen molar-refractivity contribution in [3.8, 4) is 0 Å². The van der Waals surface area contributed by atoms with Crippen LogP contribution in [0.2, 0.25) is 0 Å². The molecular formula is C7H11N3O2. The summed E-state index contributed by atoms with van der Waals surface area (Å²) in [6.07, 6.45) is 3.71. The Balaban J connectivity index is 2.54. The molecule has 1 heterocycles. The van der Waals surface area contributed by atoms with Gasteiger partial charge >= 0.3 is 5.97 Å². The zero-order valence-corrected chi connectivity index (χ0v) is 6.74.